The van der Waals surface area contributed by atoms with Crippen molar-refractivity contribution in [2.45, 2.75) is 25.5 Å². The molecule has 0 N–H and O–H groups in total. The highest BCUT2D eigenvalue weighted by Gasteiger charge is 2.65. The maximum absolute atomic E-state index is 12.6. The van der Waals surface area contributed by atoms with Gasteiger partial charge >= 0.3 is 18.0 Å². The van der Waals surface area contributed by atoms with E-state index >= 15 is 0 Å². The minimum Gasteiger partial charge on any atom is -0.468 e. The summed E-state index contributed by atoms with van der Waals surface area (Å²) in [5.41, 5.74) is 0.0509. The predicted molar refractivity (Wildman–Crippen MR) is 95.5 cm³/mol. The van der Waals surface area contributed by atoms with Gasteiger partial charge in [0.1, 0.15) is 6.61 Å². The van der Waals surface area contributed by atoms with Crippen molar-refractivity contribution in [2.75, 3.05) is 20.8 Å². The molecule has 1 aromatic rings. The Kier molecular flexibility index (Phi) is 5.21. The average Bonchev–Trinajstić information content (AvgIpc) is 3.26. The van der Waals surface area contributed by atoms with Crippen LogP contribution in [-0.2, 0) is 30.4 Å². The summed E-state index contributed by atoms with van der Waals surface area (Å²) in [6.45, 7) is 4.54. The zero-order valence-corrected chi connectivity index (χ0v) is 15.5. The average molecular weight is 373 g/mol. The summed E-state index contributed by atoms with van der Waals surface area (Å²) in [5, 5.41) is 0. The molecule has 1 amide bonds. The predicted octanol–water partition coefficient (Wildman–Crippen LogP) is 2.31. The molecular weight excluding hydrogens is 350 g/mol. The Morgan fingerprint density at radius 1 is 1.15 bits per heavy atom. The fraction of sp³-hybridized carbons (Fsp3) is 0.450. The third-order valence-electron chi connectivity index (χ3n) is 5.49. The molecule has 0 aromatic heterocycles. The number of carbonyl (C=O) groups excluding carboxylic acids is 3. The number of esters is 2. The SMILES string of the molecule is C=C1CC(C(=O)OC)(C(=O)OC)[C@H]2CCN(C(=O)OCc3ccccc3)[C@@H]12. The van der Waals surface area contributed by atoms with Crippen LogP contribution in [-0.4, -0.2) is 49.7 Å². The molecule has 27 heavy (non-hydrogen) atoms. The van der Waals surface area contributed by atoms with Crippen LogP contribution in [0.5, 0.6) is 0 Å². The third-order valence-corrected chi connectivity index (χ3v) is 5.49. The Balaban J connectivity index is 1.79. The molecular formula is C20H23NO6. The minimum absolute atomic E-state index is 0.101. The van der Waals surface area contributed by atoms with Crippen LogP contribution in [0.2, 0.25) is 0 Å². The van der Waals surface area contributed by atoms with Gasteiger partial charge in [0.2, 0.25) is 0 Å². The maximum atomic E-state index is 12.6. The number of hydrogen-bond donors (Lipinski definition) is 0. The zero-order valence-electron chi connectivity index (χ0n) is 15.5. The molecule has 1 saturated heterocycles. The summed E-state index contributed by atoms with van der Waals surface area (Å²) in [6, 6.07) is 8.91. The van der Waals surface area contributed by atoms with Gasteiger partial charge < -0.3 is 19.1 Å². The second-order valence-corrected chi connectivity index (χ2v) is 6.86. The molecule has 0 bridgehead atoms. The third kappa shape index (κ3) is 3.07. The number of methoxy groups -OCH3 is 2. The van der Waals surface area contributed by atoms with Gasteiger partial charge in [0.25, 0.3) is 0 Å². The van der Waals surface area contributed by atoms with E-state index < -0.39 is 35.4 Å². The monoisotopic (exact) mass is 373 g/mol. The number of benzene rings is 1. The van der Waals surface area contributed by atoms with Crippen molar-refractivity contribution in [3.63, 3.8) is 0 Å². The highest BCUT2D eigenvalue weighted by molar-refractivity contribution is 6.02. The number of ether oxygens (including phenoxy) is 3. The summed E-state index contributed by atoms with van der Waals surface area (Å²) >= 11 is 0. The lowest BCUT2D eigenvalue weighted by molar-refractivity contribution is -0.172. The Labute approximate surface area is 157 Å². The van der Waals surface area contributed by atoms with Crippen molar-refractivity contribution < 1.29 is 28.6 Å². The van der Waals surface area contributed by atoms with Gasteiger partial charge in [-0.3, -0.25) is 9.59 Å². The molecule has 1 heterocycles. The molecule has 3 rings (SSSR count). The standard InChI is InChI=1S/C20H23NO6/c1-13-11-20(17(22)25-2,18(23)26-3)15-9-10-21(16(13)15)19(24)27-12-14-7-5-4-6-8-14/h4-8,15-16H,1,9-12H2,2-3H3/t15-,16-/m0/s1. The van der Waals surface area contributed by atoms with Crippen LogP contribution in [0.25, 0.3) is 0 Å². The Morgan fingerprint density at radius 2 is 1.78 bits per heavy atom. The number of nitrogens with zero attached hydrogens (tertiary/aromatic N) is 1. The number of carbonyl (C=O) groups is 3. The molecule has 2 atom stereocenters. The Hall–Kier alpha value is -2.83. The maximum Gasteiger partial charge on any atom is 0.410 e. The van der Waals surface area contributed by atoms with E-state index in [1.807, 2.05) is 30.3 Å². The summed E-state index contributed by atoms with van der Waals surface area (Å²) in [4.78, 5) is 39.2. The molecule has 0 radical (unpaired) electrons. The molecule has 2 aliphatic rings. The van der Waals surface area contributed by atoms with Crippen molar-refractivity contribution in [1.82, 2.24) is 4.90 Å². The minimum atomic E-state index is -1.46. The van der Waals surface area contributed by atoms with E-state index in [2.05, 4.69) is 6.58 Å². The molecule has 144 valence electrons. The topological polar surface area (TPSA) is 82.1 Å². The van der Waals surface area contributed by atoms with Gasteiger partial charge in [-0.2, -0.15) is 0 Å². The van der Waals surface area contributed by atoms with E-state index in [-0.39, 0.29) is 13.0 Å². The Bertz CT molecular complexity index is 743. The van der Waals surface area contributed by atoms with E-state index in [0.717, 1.165) is 5.56 Å². The molecule has 1 aliphatic heterocycles. The molecule has 7 nitrogen and oxygen atoms in total. The van der Waals surface area contributed by atoms with Crippen molar-refractivity contribution >= 4 is 18.0 Å². The van der Waals surface area contributed by atoms with Crippen molar-refractivity contribution in [2.24, 2.45) is 11.3 Å². The number of likely N-dealkylation sites (tertiary alicyclic amines) is 1. The molecule has 1 aliphatic carbocycles. The van der Waals surface area contributed by atoms with Gasteiger partial charge in [0.15, 0.2) is 5.41 Å². The van der Waals surface area contributed by atoms with Gasteiger partial charge in [-0.25, -0.2) is 4.79 Å². The van der Waals surface area contributed by atoms with Crippen LogP contribution >= 0.6 is 0 Å². The lowest BCUT2D eigenvalue weighted by atomic mass is 9.76. The van der Waals surface area contributed by atoms with E-state index in [1.54, 1.807) is 4.90 Å². The molecule has 1 aromatic carbocycles. The molecule has 2 fully saturated rings. The number of hydrogen-bond acceptors (Lipinski definition) is 6. The van der Waals surface area contributed by atoms with Crippen molar-refractivity contribution in [1.29, 1.82) is 0 Å². The highest BCUT2D eigenvalue weighted by atomic mass is 16.6. The van der Waals surface area contributed by atoms with Gasteiger partial charge in [-0.15, -0.1) is 0 Å². The first kappa shape index (κ1) is 18.9. The summed E-state index contributed by atoms with van der Waals surface area (Å²) in [5.74, 6) is -1.74. The normalized spacial score (nSPS) is 22.9. The number of amides is 1. The summed E-state index contributed by atoms with van der Waals surface area (Å²) in [6.07, 6.45) is 0.0800. The van der Waals surface area contributed by atoms with E-state index in [1.165, 1.54) is 14.2 Å². The quantitative estimate of drug-likeness (QED) is 0.349. The number of rotatable bonds is 4. The van der Waals surface area contributed by atoms with Crippen molar-refractivity contribution in [3.8, 4) is 0 Å². The lowest BCUT2D eigenvalue weighted by Crippen LogP contribution is -2.46. The second kappa shape index (κ2) is 7.42. The number of fused-ring (bicyclic) bond motifs is 1. The summed E-state index contributed by atoms with van der Waals surface area (Å²) in [7, 11) is 2.48. The van der Waals surface area contributed by atoms with Crippen LogP contribution in [0.1, 0.15) is 18.4 Å². The first-order chi connectivity index (χ1) is 13.0. The van der Waals surface area contributed by atoms with E-state index in [0.29, 0.717) is 18.5 Å². The van der Waals surface area contributed by atoms with Crippen LogP contribution in [0.3, 0.4) is 0 Å². The fourth-order valence-corrected chi connectivity index (χ4v) is 4.31. The van der Waals surface area contributed by atoms with Gasteiger partial charge in [0, 0.05) is 12.5 Å². The van der Waals surface area contributed by atoms with Crippen molar-refractivity contribution in [3.05, 3.63) is 48.0 Å². The first-order valence-corrected chi connectivity index (χ1v) is 8.77. The zero-order chi connectivity index (χ0) is 19.6. The second-order valence-electron chi connectivity index (χ2n) is 6.86. The smallest absolute Gasteiger partial charge is 0.410 e. The van der Waals surface area contributed by atoms with E-state index in [9.17, 15) is 14.4 Å². The van der Waals surface area contributed by atoms with Crippen LogP contribution in [0.15, 0.2) is 42.5 Å². The van der Waals surface area contributed by atoms with Crippen LogP contribution < -0.4 is 0 Å². The lowest BCUT2D eigenvalue weighted by Gasteiger charge is -2.29. The van der Waals surface area contributed by atoms with Gasteiger partial charge in [0.05, 0.1) is 20.3 Å². The Morgan fingerprint density at radius 3 is 2.37 bits per heavy atom. The summed E-state index contributed by atoms with van der Waals surface area (Å²) < 4.78 is 15.2. The molecule has 7 heteroatoms. The van der Waals surface area contributed by atoms with E-state index in [4.69, 9.17) is 14.2 Å². The van der Waals surface area contributed by atoms with Gasteiger partial charge in [-0.1, -0.05) is 42.5 Å². The molecule has 0 spiro atoms. The van der Waals surface area contributed by atoms with Gasteiger partial charge in [-0.05, 0) is 18.4 Å². The fourth-order valence-electron chi connectivity index (χ4n) is 4.31. The largest absolute Gasteiger partial charge is 0.468 e. The highest BCUT2D eigenvalue weighted by Crippen LogP contribution is 2.54. The first-order valence-electron chi connectivity index (χ1n) is 8.77. The van der Waals surface area contributed by atoms with Crippen LogP contribution in [0.4, 0.5) is 4.79 Å². The molecule has 0 unspecified atom stereocenters. The molecule has 1 saturated carbocycles. The van der Waals surface area contributed by atoms with Crippen LogP contribution in [0, 0.1) is 11.3 Å².